The number of aliphatic imine (C=N–C) groups is 1. The summed E-state index contributed by atoms with van der Waals surface area (Å²) in [5.41, 5.74) is 8.81. The number of amides is 2. The van der Waals surface area contributed by atoms with Crippen molar-refractivity contribution in [1.29, 1.82) is 0 Å². The number of rotatable bonds is 6. The summed E-state index contributed by atoms with van der Waals surface area (Å²) in [7, 11) is 1.33. The number of anilines is 1. The van der Waals surface area contributed by atoms with Crippen molar-refractivity contribution in [3.8, 4) is 0 Å². The molecule has 1 unspecified atom stereocenters. The predicted molar refractivity (Wildman–Crippen MR) is 106 cm³/mol. The van der Waals surface area contributed by atoms with E-state index in [4.69, 9.17) is 10.5 Å². The summed E-state index contributed by atoms with van der Waals surface area (Å²) in [5.74, 6) is -1.68. The summed E-state index contributed by atoms with van der Waals surface area (Å²) in [6.45, 7) is 2.01. The zero-order valence-electron chi connectivity index (χ0n) is 15.7. The van der Waals surface area contributed by atoms with E-state index < -0.39 is 17.8 Å². The van der Waals surface area contributed by atoms with Crippen molar-refractivity contribution >= 4 is 34.9 Å². The van der Waals surface area contributed by atoms with Crippen molar-refractivity contribution in [2.24, 2.45) is 10.7 Å². The number of hydrogen-bond donors (Lipinski definition) is 2. The molecule has 1 atom stereocenters. The Morgan fingerprint density at radius 1 is 1.14 bits per heavy atom. The molecule has 2 aromatic carbocycles. The molecule has 1 aliphatic rings. The molecule has 3 rings (SSSR count). The Kier molecular flexibility index (Phi) is 5.54. The SMILES string of the molecule is CCCC(=Nc1ccc(C(=O)OC)cc1)C1C(=O)Nc2cc(C(N)=O)ccc21. The molecule has 0 fully saturated rings. The molecule has 7 heteroatoms. The maximum atomic E-state index is 12.6. The quantitative estimate of drug-likeness (QED) is 0.593. The van der Waals surface area contributed by atoms with Gasteiger partial charge in [0, 0.05) is 17.0 Å². The van der Waals surface area contributed by atoms with Crippen molar-refractivity contribution < 1.29 is 19.1 Å². The minimum absolute atomic E-state index is 0.185. The van der Waals surface area contributed by atoms with Gasteiger partial charge in [0.2, 0.25) is 11.8 Å². The lowest BCUT2D eigenvalue weighted by atomic mass is 9.92. The van der Waals surface area contributed by atoms with Gasteiger partial charge in [-0.15, -0.1) is 0 Å². The fourth-order valence-electron chi connectivity index (χ4n) is 3.22. The molecule has 7 nitrogen and oxygen atoms in total. The fraction of sp³-hybridized carbons (Fsp3) is 0.238. The van der Waals surface area contributed by atoms with Crippen LogP contribution >= 0.6 is 0 Å². The zero-order chi connectivity index (χ0) is 20.3. The van der Waals surface area contributed by atoms with Crippen LogP contribution in [0.4, 0.5) is 11.4 Å². The third-order valence-corrected chi connectivity index (χ3v) is 4.57. The maximum absolute atomic E-state index is 12.6. The van der Waals surface area contributed by atoms with Crippen molar-refractivity contribution in [3.63, 3.8) is 0 Å². The normalized spacial score (nSPS) is 15.7. The molecule has 3 N–H and O–H groups in total. The highest BCUT2D eigenvalue weighted by Crippen LogP contribution is 2.36. The monoisotopic (exact) mass is 379 g/mol. The molecule has 1 aliphatic heterocycles. The summed E-state index contributed by atoms with van der Waals surface area (Å²) in [5, 5.41) is 2.81. The van der Waals surface area contributed by atoms with E-state index >= 15 is 0 Å². The number of ether oxygens (including phenoxy) is 1. The minimum Gasteiger partial charge on any atom is -0.465 e. The summed E-state index contributed by atoms with van der Waals surface area (Å²) < 4.78 is 4.70. The molecule has 0 saturated carbocycles. The first-order valence-electron chi connectivity index (χ1n) is 8.95. The molecule has 28 heavy (non-hydrogen) atoms. The molecule has 0 saturated heterocycles. The number of nitrogens with two attached hydrogens (primary N) is 1. The van der Waals surface area contributed by atoms with E-state index in [1.807, 2.05) is 6.92 Å². The Morgan fingerprint density at radius 2 is 1.82 bits per heavy atom. The van der Waals surface area contributed by atoms with Crippen molar-refractivity contribution in [2.45, 2.75) is 25.7 Å². The van der Waals surface area contributed by atoms with Gasteiger partial charge in [-0.3, -0.25) is 14.6 Å². The zero-order valence-corrected chi connectivity index (χ0v) is 15.7. The van der Waals surface area contributed by atoms with Crippen LogP contribution in [0.1, 0.15) is 52.0 Å². The Labute approximate surface area is 162 Å². The van der Waals surface area contributed by atoms with Gasteiger partial charge >= 0.3 is 5.97 Å². The summed E-state index contributed by atoms with van der Waals surface area (Å²) in [6, 6.07) is 11.6. The van der Waals surface area contributed by atoms with Gasteiger partial charge in [0.1, 0.15) is 5.92 Å². The van der Waals surface area contributed by atoms with Crippen LogP contribution in [0.15, 0.2) is 47.5 Å². The van der Waals surface area contributed by atoms with Gasteiger partial charge in [0.05, 0.1) is 18.4 Å². The molecule has 0 aliphatic carbocycles. The molecule has 0 radical (unpaired) electrons. The lowest BCUT2D eigenvalue weighted by molar-refractivity contribution is -0.115. The largest absolute Gasteiger partial charge is 0.465 e. The highest BCUT2D eigenvalue weighted by Gasteiger charge is 2.34. The highest BCUT2D eigenvalue weighted by molar-refractivity contribution is 6.19. The fourth-order valence-corrected chi connectivity index (χ4v) is 3.22. The third kappa shape index (κ3) is 3.78. The van der Waals surface area contributed by atoms with E-state index in [9.17, 15) is 14.4 Å². The maximum Gasteiger partial charge on any atom is 0.337 e. The first-order chi connectivity index (χ1) is 13.4. The Morgan fingerprint density at radius 3 is 2.43 bits per heavy atom. The van der Waals surface area contributed by atoms with Gasteiger partial charge in [0.15, 0.2) is 0 Å². The molecule has 144 valence electrons. The number of methoxy groups -OCH3 is 1. The first-order valence-corrected chi connectivity index (χ1v) is 8.95. The number of esters is 1. The second-order valence-electron chi connectivity index (χ2n) is 6.48. The molecule has 1 heterocycles. The number of carbonyl (C=O) groups is 3. The van der Waals surface area contributed by atoms with Crippen LogP contribution in [0, 0.1) is 0 Å². The molecule has 0 bridgehead atoms. The van der Waals surface area contributed by atoms with Gasteiger partial charge in [-0.2, -0.15) is 0 Å². The number of carbonyl (C=O) groups excluding carboxylic acids is 3. The van der Waals surface area contributed by atoms with E-state index in [0.717, 1.165) is 17.7 Å². The lowest BCUT2D eigenvalue weighted by Gasteiger charge is -2.13. The van der Waals surface area contributed by atoms with E-state index in [1.54, 1.807) is 42.5 Å². The number of primary amides is 1. The van der Waals surface area contributed by atoms with E-state index in [-0.39, 0.29) is 5.91 Å². The average Bonchev–Trinajstić information content (AvgIpc) is 3.02. The number of fused-ring (bicyclic) bond motifs is 1. The van der Waals surface area contributed by atoms with Crippen LogP contribution in [-0.4, -0.2) is 30.6 Å². The van der Waals surface area contributed by atoms with Crippen molar-refractivity contribution in [3.05, 3.63) is 59.2 Å². The Balaban J connectivity index is 1.97. The Bertz CT molecular complexity index is 964. The molecular weight excluding hydrogens is 358 g/mol. The number of hydrogen-bond acceptors (Lipinski definition) is 5. The molecular formula is C21H21N3O4. The van der Waals surface area contributed by atoms with Crippen LogP contribution in [0.25, 0.3) is 0 Å². The van der Waals surface area contributed by atoms with Crippen molar-refractivity contribution in [2.75, 3.05) is 12.4 Å². The second-order valence-corrected chi connectivity index (χ2v) is 6.48. The van der Waals surface area contributed by atoms with Gasteiger partial charge in [-0.25, -0.2) is 4.79 Å². The molecule has 0 spiro atoms. The summed E-state index contributed by atoms with van der Waals surface area (Å²) in [4.78, 5) is 40.3. The van der Waals surface area contributed by atoms with E-state index in [0.29, 0.717) is 28.9 Å². The number of nitrogens with zero attached hydrogens (tertiary/aromatic N) is 1. The lowest BCUT2D eigenvalue weighted by Crippen LogP contribution is -2.20. The van der Waals surface area contributed by atoms with Crippen LogP contribution in [0.2, 0.25) is 0 Å². The topological polar surface area (TPSA) is 111 Å². The smallest absolute Gasteiger partial charge is 0.337 e. The van der Waals surface area contributed by atoms with Crippen molar-refractivity contribution in [1.82, 2.24) is 0 Å². The number of nitrogens with one attached hydrogen (secondary N) is 1. The van der Waals surface area contributed by atoms with Crippen LogP contribution < -0.4 is 11.1 Å². The second kappa shape index (κ2) is 8.04. The van der Waals surface area contributed by atoms with Crippen LogP contribution in [-0.2, 0) is 9.53 Å². The van der Waals surface area contributed by atoms with Gasteiger partial charge in [-0.1, -0.05) is 19.4 Å². The van der Waals surface area contributed by atoms with E-state index in [2.05, 4.69) is 10.3 Å². The standard InChI is InChI=1S/C21H21N3O4/c1-3-4-16(23-14-8-5-12(6-9-14)21(27)28-2)18-15-10-7-13(19(22)25)11-17(15)24-20(18)26/h5-11,18H,3-4H2,1-2H3,(H2,22,25)(H,24,26). The average molecular weight is 379 g/mol. The van der Waals surface area contributed by atoms with E-state index in [1.165, 1.54) is 7.11 Å². The molecule has 0 aromatic heterocycles. The third-order valence-electron chi connectivity index (χ3n) is 4.57. The minimum atomic E-state index is -0.548. The van der Waals surface area contributed by atoms with Gasteiger partial charge < -0.3 is 15.8 Å². The van der Waals surface area contributed by atoms with Gasteiger partial charge in [0.25, 0.3) is 0 Å². The molecule has 2 aromatic rings. The summed E-state index contributed by atoms with van der Waals surface area (Å²) in [6.07, 6.45) is 1.45. The van der Waals surface area contributed by atoms with Crippen LogP contribution in [0.5, 0.6) is 0 Å². The van der Waals surface area contributed by atoms with Gasteiger partial charge in [-0.05, 0) is 48.4 Å². The van der Waals surface area contributed by atoms with Crippen LogP contribution in [0.3, 0.4) is 0 Å². The molecule has 2 amide bonds. The number of benzene rings is 2. The first kappa shape index (κ1) is 19.3. The highest BCUT2D eigenvalue weighted by atomic mass is 16.5. The Hall–Kier alpha value is -3.48. The predicted octanol–water partition coefficient (Wildman–Crippen LogP) is 3.18. The summed E-state index contributed by atoms with van der Waals surface area (Å²) >= 11 is 0.